The molecule has 1 heterocycles. The van der Waals surface area contributed by atoms with Gasteiger partial charge in [0.1, 0.15) is 5.82 Å². The van der Waals surface area contributed by atoms with Crippen molar-refractivity contribution in [2.45, 2.75) is 19.8 Å². The smallest absolute Gasteiger partial charge is 0.193 e. The van der Waals surface area contributed by atoms with Crippen LogP contribution in [0.2, 0.25) is 0 Å². The number of guanidine groups is 1. The first-order chi connectivity index (χ1) is 10.7. The van der Waals surface area contributed by atoms with E-state index in [1.54, 1.807) is 19.2 Å². The van der Waals surface area contributed by atoms with E-state index in [1.807, 2.05) is 6.07 Å². The molecule has 0 saturated carbocycles. The van der Waals surface area contributed by atoms with Crippen LogP contribution in [0.1, 0.15) is 18.9 Å². The highest BCUT2D eigenvalue weighted by Gasteiger charge is 2.24. The van der Waals surface area contributed by atoms with Crippen LogP contribution in [-0.4, -0.2) is 50.8 Å². The van der Waals surface area contributed by atoms with Crippen molar-refractivity contribution in [3.63, 3.8) is 0 Å². The zero-order valence-corrected chi connectivity index (χ0v) is 13.5. The molecule has 1 aliphatic rings. The molecule has 122 valence electrons. The van der Waals surface area contributed by atoms with Crippen molar-refractivity contribution >= 4 is 5.96 Å². The largest absolute Gasteiger partial charge is 0.384 e. The van der Waals surface area contributed by atoms with Crippen molar-refractivity contribution in [1.82, 2.24) is 10.2 Å². The minimum absolute atomic E-state index is 0.185. The number of nitrogens with one attached hydrogen (secondary N) is 1. The molecular formula is C17H26FN3O. The molecule has 1 fully saturated rings. The van der Waals surface area contributed by atoms with Crippen LogP contribution in [-0.2, 0) is 11.2 Å². The molecule has 0 aromatic heterocycles. The quantitative estimate of drug-likeness (QED) is 0.647. The number of hydrogen-bond acceptors (Lipinski definition) is 2. The summed E-state index contributed by atoms with van der Waals surface area (Å²) in [7, 11) is 1.75. The Hall–Kier alpha value is -1.62. The Morgan fingerprint density at radius 1 is 1.50 bits per heavy atom. The average molecular weight is 307 g/mol. The summed E-state index contributed by atoms with van der Waals surface area (Å²) < 4.78 is 18.4. The molecule has 5 heteroatoms. The van der Waals surface area contributed by atoms with Gasteiger partial charge in [0.2, 0.25) is 0 Å². The Morgan fingerprint density at radius 3 is 3.09 bits per heavy atom. The zero-order chi connectivity index (χ0) is 15.8. The van der Waals surface area contributed by atoms with Crippen LogP contribution in [0.4, 0.5) is 4.39 Å². The lowest BCUT2D eigenvalue weighted by Crippen LogP contribution is -2.40. The summed E-state index contributed by atoms with van der Waals surface area (Å²) in [5.74, 6) is 1.35. The summed E-state index contributed by atoms with van der Waals surface area (Å²) in [4.78, 5) is 6.97. The summed E-state index contributed by atoms with van der Waals surface area (Å²) in [5.41, 5.74) is 0.985. The predicted octanol–water partition coefficient (Wildman–Crippen LogP) is 2.30. The molecule has 1 aromatic carbocycles. The van der Waals surface area contributed by atoms with E-state index < -0.39 is 0 Å². The third-order valence-electron chi connectivity index (χ3n) is 3.87. The number of ether oxygens (including phenoxy) is 1. The highest BCUT2D eigenvalue weighted by atomic mass is 19.1. The molecule has 0 spiro atoms. The number of nitrogens with zero attached hydrogens (tertiary/aromatic N) is 2. The maximum Gasteiger partial charge on any atom is 0.193 e. The predicted molar refractivity (Wildman–Crippen MR) is 87.6 cm³/mol. The molecule has 0 amide bonds. The highest BCUT2D eigenvalue weighted by molar-refractivity contribution is 5.80. The molecule has 0 radical (unpaired) electrons. The second-order valence-corrected chi connectivity index (χ2v) is 5.67. The van der Waals surface area contributed by atoms with Gasteiger partial charge >= 0.3 is 0 Å². The van der Waals surface area contributed by atoms with E-state index in [0.717, 1.165) is 50.6 Å². The number of methoxy groups -OCH3 is 1. The fraction of sp³-hybridized carbons (Fsp3) is 0.588. The number of aliphatic imine (C=N–C) groups is 1. The van der Waals surface area contributed by atoms with Crippen molar-refractivity contribution in [2.75, 3.05) is 39.9 Å². The SMILES string of the molecule is CCNC(=NCCc1cccc(F)c1)N1CCC(COC)C1. The van der Waals surface area contributed by atoms with Gasteiger partial charge < -0.3 is 15.0 Å². The molecule has 4 nitrogen and oxygen atoms in total. The first kappa shape index (κ1) is 16.7. The van der Waals surface area contributed by atoms with Crippen LogP contribution in [0, 0.1) is 11.7 Å². The van der Waals surface area contributed by atoms with Crippen LogP contribution < -0.4 is 5.32 Å². The lowest BCUT2D eigenvalue weighted by Gasteiger charge is -2.21. The molecule has 1 atom stereocenters. The average Bonchev–Trinajstić information content (AvgIpc) is 2.95. The normalized spacial score (nSPS) is 18.8. The number of hydrogen-bond donors (Lipinski definition) is 1. The van der Waals surface area contributed by atoms with Gasteiger partial charge in [0.05, 0.1) is 6.61 Å². The fourth-order valence-corrected chi connectivity index (χ4v) is 2.81. The molecule has 1 unspecified atom stereocenters. The minimum Gasteiger partial charge on any atom is -0.384 e. The summed E-state index contributed by atoms with van der Waals surface area (Å²) in [6.45, 7) is 6.39. The Kier molecular flexibility index (Phi) is 6.65. The maximum absolute atomic E-state index is 13.2. The van der Waals surface area contributed by atoms with E-state index >= 15 is 0 Å². The highest BCUT2D eigenvalue weighted by Crippen LogP contribution is 2.16. The third kappa shape index (κ3) is 4.98. The Labute approximate surface area is 132 Å². The van der Waals surface area contributed by atoms with E-state index in [2.05, 4.69) is 22.1 Å². The van der Waals surface area contributed by atoms with E-state index in [4.69, 9.17) is 4.74 Å². The maximum atomic E-state index is 13.2. The Morgan fingerprint density at radius 2 is 2.36 bits per heavy atom. The van der Waals surface area contributed by atoms with Crippen LogP contribution in [0.3, 0.4) is 0 Å². The second kappa shape index (κ2) is 8.73. The van der Waals surface area contributed by atoms with Gasteiger partial charge in [-0.3, -0.25) is 4.99 Å². The van der Waals surface area contributed by atoms with Crippen LogP contribution >= 0.6 is 0 Å². The summed E-state index contributed by atoms with van der Waals surface area (Å²) in [5, 5.41) is 3.35. The van der Waals surface area contributed by atoms with E-state index in [0.29, 0.717) is 12.5 Å². The molecule has 1 aromatic rings. The number of likely N-dealkylation sites (tertiary alicyclic amines) is 1. The Balaban J connectivity index is 1.90. The van der Waals surface area contributed by atoms with E-state index in [1.165, 1.54) is 6.07 Å². The first-order valence-corrected chi connectivity index (χ1v) is 7.99. The zero-order valence-electron chi connectivity index (χ0n) is 13.5. The second-order valence-electron chi connectivity index (χ2n) is 5.67. The number of benzene rings is 1. The van der Waals surface area contributed by atoms with Crippen molar-refractivity contribution in [1.29, 1.82) is 0 Å². The van der Waals surface area contributed by atoms with Gasteiger partial charge in [-0.25, -0.2) is 4.39 Å². The summed E-state index contributed by atoms with van der Waals surface area (Å²) in [6, 6.07) is 6.73. The van der Waals surface area contributed by atoms with Gasteiger partial charge in [-0.2, -0.15) is 0 Å². The monoisotopic (exact) mass is 307 g/mol. The lowest BCUT2D eigenvalue weighted by molar-refractivity contribution is 0.157. The van der Waals surface area contributed by atoms with Gasteiger partial charge in [-0.05, 0) is 37.5 Å². The molecular weight excluding hydrogens is 281 g/mol. The van der Waals surface area contributed by atoms with Crippen molar-refractivity contribution < 1.29 is 9.13 Å². The molecule has 1 N–H and O–H groups in total. The van der Waals surface area contributed by atoms with Gasteiger partial charge in [-0.1, -0.05) is 12.1 Å². The molecule has 0 aliphatic carbocycles. The van der Waals surface area contributed by atoms with Crippen LogP contribution in [0.15, 0.2) is 29.3 Å². The van der Waals surface area contributed by atoms with Gasteiger partial charge in [0, 0.05) is 39.2 Å². The molecule has 1 saturated heterocycles. The molecule has 0 bridgehead atoms. The first-order valence-electron chi connectivity index (χ1n) is 7.99. The van der Waals surface area contributed by atoms with E-state index in [-0.39, 0.29) is 5.82 Å². The Bertz CT molecular complexity index is 493. The van der Waals surface area contributed by atoms with Gasteiger partial charge in [0.15, 0.2) is 5.96 Å². The van der Waals surface area contributed by atoms with Gasteiger partial charge in [-0.15, -0.1) is 0 Å². The molecule has 2 rings (SSSR count). The standard InChI is InChI=1S/C17H26FN3O/c1-3-19-17(21-10-8-15(12-21)13-22-2)20-9-7-14-5-4-6-16(18)11-14/h4-6,11,15H,3,7-10,12-13H2,1-2H3,(H,19,20). The van der Waals surface area contributed by atoms with Crippen LogP contribution in [0.5, 0.6) is 0 Å². The summed E-state index contributed by atoms with van der Waals surface area (Å²) in [6.07, 6.45) is 1.89. The van der Waals surface area contributed by atoms with E-state index in [9.17, 15) is 4.39 Å². The van der Waals surface area contributed by atoms with Crippen molar-refractivity contribution in [3.05, 3.63) is 35.6 Å². The number of halogens is 1. The third-order valence-corrected chi connectivity index (χ3v) is 3.87. The van der Waals surface area contributed by atoms with Crippen molar-refractivity contribution in [2.24, 2.45) is 10.9 Å². The minimum atomic E-state index is -0.185. The lowest BCUT2D eigenvalue weighted by atomic mass is 10.1. The van der Waals surface area contributed by atoms with Crippen LogP contribution in [0.25, 0.3) is 0 Å². The summed E-state index contributed by atoms with van der Waals surface area (Å²) >= 11 is 0. The topological polar surface area (TPSA) is 36.9 Å². The van der Waals surface area contributed by atoms with Gasteiger partial charge in [0.25, 0.3) is 0 Å². The molecule has 1 aliphatic heterocycles. The molecule has 22 heavy (non-hydrogen) atoms. The van der Waals surface area contributed by atoms with Crippen molar-refractivity contribution in [3.8, 4) is 0 Å². The fourth-order valence-electron chi connectivity index (χ4n) is 2.81. The number of rotatable bonds is 6.